The molecule has 0 spiro atoms. The Morgan fingerprint density at radius 2 is 1.22 bits per heavy atom. The first-order chi connectivity index (χ1) is 18.2. The molecule has 1 aliphatic carbocycles. The zero-order valence-corrected chi connectivity index (χ0v) is 20.7. The highest BCUT2D eigenvalue weighted by Crippen LogP contribution is 2.53. The van der Waals surface area contributed by atoms with Crippen LogP contribution in [0.3, 0.4) is 0 Å². The molecule has 0 unspecified atom stereocenters. The van der Waals surface area contributed by atoms with Crippen LogP contribution in [-0.2, 0) is 12.8 Å². The lowest BCUT2D eigenvalue weighted by atomic mass is 9.92. The molecule has 0 radical (unpaired) electrons. The Morgan fingerprint density at radius 3 is 2.05 bits per heavy atom. The lowest BCUT2D eigenvalue weighted by Crippen LogP contribution is -2.24. The molecule has 1 aliphatic heterocycles. The fourth-order valence-electron chi connectivity index (χ4n) is 5.89. The van der Waals surface area contributed by atoms with E-state index in [1.54, 1.807) is 0 Å². The molecule has 0 bridgehead atoms. The topological polar surface area (TPSA) is 23.6 Å². The van der Waals surface area contributed by atoms with Crippen LogP contribution in [0.15, 0.2) is 115 Å². The van der Waals surface area contributed by atoms with Gasteiger partial charge in [0.1, 0.15) is 0 Å². The van der Waals surface area contributed by atoms with Gasteiger partial charge in [-0.1, -0.05) is 78.9 Å². The summed E-state index contributed by atoms with van der Waals surface area (Å²) in [5.74, 6) is 0.124. The summed E-state index contributed by atoms with van der Waals surface area (Å²) < 4.78 is 0. The molecule has 7 rings (SSSR count). The molecule has 178 valence electrons. The third kappa shape index (κ3) is 3.39. The van der Waals surface area contributed by atoms with E-state index in [9.17, 15) is 4.79 Å². The summed E-state index contributed by atoms with van der Waals surface area (Å²) in [6.45, 7) is 0. The summed E-state index contributed by atoms with van der Waals surface area (Å²) >= 11 is 0. The van der Waals surface area contributed by atoms with Crippen LogP contribution >= 0.6 is 0 Å². The van der Waals surface area contributed by atoms with Crippen LogP contribution in [0, 0.1) is 0 Å². The Bertz CT molecular complexity index is 1670. The van der Waals surface area contributed by atoms with Gasteiger partial charge in [-0.05, 0) is 65.9 Å². The maximum atomic E-state index is 13.6. The minimum absolute atomic E-state index is 0.124. The molecular weight excluding hydrogens is 452 g/mol. The lowest BCUT2D eigenvalue weighted by Gasteiger charge is -2.39. The van der Waals surface area contributed by atoms with E-state index < -0.39 is 0 Å². The van der Waals surface area contributed by atoms with Gasteiger partial charge in [-0.2, -0.15) is 0 Å². The second-order valence-electron chi connectivity index (χ2n) is 9.75. The van der Waals surface area contributed by atoms with Crippen LogP contribution in [0.25, 0.3) is 11.1 Å². The lowest BCUT2D eigenvalue weighted by molar-refractivity contribution is 0.103. The number of ketones is 1. The summed E-state index contributed by atoms with van der Waals surface area (Å²) in [6.07, 6.45) is 1.76. The van der Waals surface area contributed by atoms with Gasteiger partial charge >= 0.3 is 0 Å². The number of para-hydroxylation sites is 4. The summed E-state index contributed by atoms with van der Waals surface area (Å²) in [5.41, 5.74) is 11.7. The molecule has 5 aromatic rings. The smallest absolute Gasteiger partial charge is 0.193 e. The van der Waals surface area contributed by atoms with E-state index >= 15 is 0 Å². The van der Waals surface area contributed by atoms with E-state index in [0.29, 0.717) is 0 Å². The third-order valence-corrected chi connectivity index (χ3v) is 7.68. The highest BCUT2D eigenvalue weighted by Gasteiger charge is 2.30. The zero-order chi connectivity index (χ0) is 24.9. The molecule has 0 atom stereocenters. The number of rotatable bonds is 2. The molecule has 37 heavy (non-hydrogen) atoms. The Labute approximate surface area is 217 Å². The average Bonchev–Trinajstić information content (AvgIpc) is 3.10. The fourth-order valence-corrected chi connectivity index (χ4v) is 5.89. The van der Waals surface area contributed by atoms with Crippen LogP contribution in [0.5, 0.6) is 0 Å². The van der Waals surface area contributed by atoms with Gasteiger partial charge in [-0.3, -0.25) is 4.79 Å². The molecule has 0 fully saturated rings. The van der Waals surface area contributed by atoms with Gasteiger partial charge in [-0.15, -0.1) is 0 Å². The van der Waals surface area contributed by atoms with Crippen molar-refractivity contribution >= 4 is 34.2 Å². The van der Waals surface area contributed by atoms with Crippen molar-refractivity contribution in [1.82, 2.24) is 0 Å². The van der Waals surface area contributed by atoms with Gasteiger partial charge in [0, 0.05) is 29.4 Å². The van der Waals surface area contributed by atoms with Crippen molar-refractivity contribution in [2.45, 2.75) is 12.8 Å². The van der Waals surface area contributed by atoms with Gasteiger partial charge in [0.2, 0.25) is 0 Å². The summed E-state index contributed by atoms with van der Waals surface area (Å²) in [7, 11) is 2.13. The van der Waals surface area contributed by atoms with Crippen LogP contribution in [0.2, 0.25) is 0 Å². The van der Waals surface area contributed by atoms with Crippen molar-refractivity contribution in [1.29, 1.82) is 0 Å². The fraction of sp³-hybridized carbons (Fsp3) is 0.0882. The predicted octanol–water partition coefficient (Wildman–Crippen LogP) is 8.23. The third-order valence-electron chi connectivity index (χ3n) is 7.68. The number of carbonyl (C=O) groups is 1. The molecule has 2 aliphatic rings. The monoisotopic (exact) mass is 478 g/mol. The van der Waals surface area contributed by atoms with Gasteiger partial charge in [-0.25, -0.2) is 0 Å². The number of benzene rings is 5. The second kappa shape index (κ2) is 8.49. The number of aryl methyl sites for hydroxylation is 2. The summed E-state index contributed by atoms with van der Waals surface area (Å²) in [6, 6.07) is 40.0. The Hall–Kier alpha value is -4.63. The summed E-state index contributed by atoms with van der Waals surface area (Å²) in [4.78, 5) is 18.3. The molecule has 0 amide bonds. The number of anilines is 5. The number of carbonyl (C=O) groups excluding carboxylic acids is 1. The maximum absolute atomic E-state index is 13.6. The summed E-state index contributed by atoms with van der Waals surface area (Å²) in [5, 5.41) is 0. The van der Waals surface area contributed by atoms with E-state index in [4.69, 9.17) is 0 Å². The average molecular weight is 479 g/mol. The molecule has 5 aromatic carbocycles. The molecule has 0 aromatic heterocycles. The zero-order valence-electron chi connectivity index (χ0n) is 20.7. The maximum Gasteiger partial charge on any atom is 0.193 e. The van der Waals surface area contributed by atoms with E-state index in [1.807, 2.05) is 24.3 Å². The van der Waals surface area contributed by atoms with E-state index in [1.165, 1.54) is 0 Å². The number of nitrogens with zero attached hydrogens (tertiary/aromatic N) is 2. The predicted molar refractivity (Wildman–Crippen MR) is 152 cm³/mol. The molecule has 0 saturated carbocycles. The highest BCUT2D eigenvalue weighted by atomic mass is 16.1. The van der Waals surface area contributed by atoms with E-state index in [-0.39, 0.29) is 5.78 Å². The Kier molecular flexibility index (Phi) is 4.97. The molecule has 0 N–H and O–H groups in total. The van der Waals surface area contributed by atoms with Crippen LogP contribution in [0.1, 0.15) is 27.0 Å². The van der Waals surface area contributed by atoms with Crippen LogP contribution < -0.4 is 9.80 Å². The van der Waals surface area contributed by atoms with E-state index in [0.717, 1.165) is 74.7 Å². The standard InChI is InChI=1S/C34H26N2O/c1-35-30-15-7-8-16-31(30)36(26-11-3-2-4-12-26)32-17-9-14-27(33(32)35)25-21-20-24-19-18-23-10-5-6-13-28(23)34(37)29(24)22-25/h2-17,20-22H,18-19H2,1H3. The molecule has 0 saturated heterocycles. The van der Waals surface area contributed by atoms with Gasteiger partial charge in [0.05, 0.1) is 22.7 Å². The second-order valence-corrected chi connectivity index (χ2v) is 9.75. The molecule has 1 heterocycles. The van der Waals surface area contributed by atoms with Crippen molar-refractivity contribution < 1.29 is 4.79 Å². The van der Waals surface area contributed by atoms with Gasteiger partial charge in [0.15, 0.2) is 5.78 Å². The quantitative estimate of drug-likeness (QED) is 0.255. The number of hydrogen-bond acceptors (Lipinski definition) is 3. The Balaban J connectivity index is 1.42. The first kappa shape index (κ1) is 21.6. The molecule has 3 nitrogen and oxygen atoms in total. The first-order valence-corrected chi connectivity index (χ1v) is 12.8. The Morgan fingerprint density at radius 1 is 0.568 bits per heavy atom. The van der Waals surface area contributed by atoms with Crippen LogP contribution in [-0.4, -0.2) is 12.8 Å². The number of fused-ring (bicyclic) bond motifs is 4. The normalized spacial score (nSPS) is 13.8. The highest BCUT2D eigenvalue weighted by molar-refractivity contribution is 6.12. The van der Waals surface area contributed by atoms with Crippen molar-refractivity contribution in [2.24, 2.45) is 0 Å². The minimum Gasteiger partial charge on any atom is -0.341 e. The van der Waals surface area contributed by atoms with Crippen LogP contribution in [0.4, 0.5) is 28.4 Å². The SMILES string of the molecule is CN1c2ccccc2N(c2ccccc2)c2cccc(-c3ccc4c(c3)C(=O)c3ccccc3CC4)c21. The van der Waals surface area contributed by atoms with Gasteiger partial charge < -0.3 is 9.80 Å². The van der Waals surface area contributed by atoms with Gasteiger partial charge in [0.25, 0.3) is 0 Å². The minimum atomic E-state index is 0.124. The number of hydrogen-bond donors (Lipinski definition) is 0. The molecule has 3 heteroatoms. The van der Waals surface area contributed by atoms with Crippen molar-refractivity contribution in [2.75, 3.05) is 16.8 Å². The largest absolute Gasteiger partial charge is 0.341 e. The van der Waals surface area contributed by atoms with Crippen molar-refractivity contribution in [3.05, 3.63) is 138 Å². The van der Waals surface area contributed by atoms with Crippen molar-refractivity contribution in [3.63, 3.8) is 0 Å². The van der Waals surface area contributed by atoms with E-state index in [2.05, 4.69) is 108 Å². The first-order valence-electron chi connectivity index (χ1n) is 12.8. The van der Waals surface area contributed by atoms with Crippen molar-refractivity contribution in [3.8, 4) is 11.1 Å². The molecular formula is C34H26N2O.